The average molecular weight is 573 g/mol. The van der Waals surface area contributed by atoms with Crippen molar-refractivity contribution in [1.82, 2.24) is 25.8 Å². The standard InChI is InChI=1S/C28H34F2N6O5/c1-17-5-4-10-32-25(17)35-13-8-19(9-14-35)31-11-12-33-27(38)36-24(18-6-7-20(29)21(30)15-18)23(26(37)41-3)22(16-40-2)34-28(36)39/h4-7,10,15,19,24,31H,8-9,11-14,16H2,1-3H3,(H,33,38)(H,34,39). The van der Waals surface area contributed by atoms with Crippen LogP contribution >= 0.6 is 0 Å². The molecule has 0 bridgehead atoms. The van der Waals surface area contributed by atoms with Crippen molar-refractivity contribution in [3.05, 3.63) is 70.6 Å². The van der Waals surface area contributed by atoms with Crippen LogP contribution in [0.15, 0.2) is 47.8 Å². The van der Waals surface area contributed by atoms with Crippen molar-refractivity contribution in [3.8, 4) is 0 Å². The summed E-state index contributed by atoms with van der Waals surface area (Å²) in [6, 6.07) is 4.04. The summed E-state index contributed by atoms with van der Waals surface area (Å²) in [6.45, 7) is 4.15. The summed E-state index contributed by atoms with van der Waals surface area (Å²) >= 11 is 0. The van der Waals surface area contributed by atoms with Gasteiger partial charge in [-0.05, 0) is 49.1 Å². The van der Waals surface area contributed by atoms with E-state index in [2.05, 4.69) is 25.8 Å². The summed E-state index contributed by atoms with van der Waals surface area (Å²) in [6.07, 6.45) is 3.58. The van der Waals surface area contributed by atoms with Gasteiger partial charge in [0.15, 0.2) is 11.6 Å². The van der Waals surface area contributed by atoms with Crippen LogP contribution in [-0.4, -0.2) is 81.0 Å². The lowest BCUT2D eigenvalue weighted by Gasteiger charge is -2.37. The van der Waals surface area contributed by atoms with Crippen molar-refractivity contribution in [2.45, 2.75) is 31.8 Å². The number of hydrogen-bond acceptors (Lipinski definition) is 8. The number of carbonyl (C=O) groups is 3. The van der Waals surface area contributed by atoms with Gasteiger partial charge in [0.25, 0.3) is 0 Å². The Labute approximate surface area is 236 Å². The maximum atomic E-state index is 14.2. The zero-order valence-corrected chi connectivity index (χ0v) is 23.2. The molecule has 1 aromatic carbocycles. The molecule has 1 atom stereocenters. The number of anilines is 1. The van der Waals surface area contributed by atoms with Gasteiger partial charge >= 0.3 is 18.0 Å². The number of hydrogen-bond donors (Lipinski definition) is 3. The van der Waals surface area contributed by atoms with Crippen LogP contribution in [0.4, 0.5) is 24.2 Å². The Kier molecular flexibility index (Phi) is 9.84. The van der Waals surface area contributed by atoms with Gasteiger partial charge in [-0.15, -0.1) is 0 Å². The number of urea groups is 2. The number of aryl methyl sites for hydroxylation is 1. The van der Waals surface area contributed by atoms with Gasteiger partial charge in [-0.25, -0.2) is 33.0 Å². The van der Waals surface area contributed by atoms with E-state index in [9.17, 15) is 23.2 Å². The van der Waals surface area contributed by atoms with E-state index in [1.54, 1.807) is 6.20 Å². The largest absolute Gasteiger partial charge is 0.466 e. The molecule has 13 heteroatoms. The zero-order valence-electron chi connectivity index (χ0n) is 23.2. The van der Waals surface area contributed by atoms with E-state index >= 15 is 0 Å². The first kappa shape index (κ1) is 29.9. The molecule has 4 amide bonds. The molecule has 2 aliphatic rings. The molecule has 1 fully saturated rings. The Morgan fingerprint density at radius 1 is 1.12 bits per heavy atom. The number of nitrogens with zero attached hydrogens (tertiary/aromatic N) is 3. The van der Waals surface area contributed by atoms with Crippen LogP contribution in [0.25, 0.3) is 0 Å². The van der Waals surface area contributed by atoms with Crippen molar-refractivity contribution in [1.29, 1.82) is 0 Å². The third-order valence-corrected chi connectivity index (χ3v) is 7.12. The molecule has 4 rings (SSSR count). The van der Waals surface area contributed by atoms with E-state index < -0.39 is 35.7 Å². The van der Waals surface area contributed by atoms with E-state index in [0.29, 0.717) is 6.54 Å². The first-order chi connectivity index (χ1) is 19.7. The van der Waals surface area contributed by atoms with Crippen molar-refractivity contribution in [3.63, 3.8) is 0 Å². The Morgan fingerprint density at radius 3 is 2.54 bits per heavy atom. The van der Waals surface area contributed by atoms with E-state index in [-0.39, 0.29) is 36.0 Å². The minimum Gasteiger partial charge on any atom is -0.466 e. The summed E-state index contributed by atoms with van der Waals surface area (Å²) in [4.78, 5) is 46.7. The monoisotopic (exact) mass is 572 g/mol. The molecular formula is C28H34F2N6O5. The maximum Gasteiger partial charge on any atom is 0.338 e. The highest BCUT2D eigenvalue weighted by Gasteiger charge is 2.43. The van der Waals surface area contributed by atoms with Gasteiger partial charge in [0.2, 0.25) is 0 Å². The second-order valence-corrected chi connectivity index (χ2v) is 9.78. The van der Waals surface area contributed by atoms with Crippen LogP contribution < -0.4 is 20.9 Å². The predicted octanol–water partition coefficient (Wildman–Crippen LogP) is 2.78. The number of piperidine rings is 1. The van der Waals surface area contributed by atoms with Crippen LogP contribution in [0.5, 0.6) is 0 Å². The van der Waals surface area contributed by atoms with Crippen molar-refractivity contribution >= 4 is 23.8 Å². The number of halogens is 2. The third kappa shape index (κ3) is 6.80. The minimum atomic E-state index is -1.39. The highest BCUT2D eigenvalue weighted by Crippen LogP contribution is 2.35. The fourth-order valence-corrected chi connectivity index (χ4v) is 5.11. The fourth-order valence-electron chi connectivity index (χ4n) is 5.11. The summed E-state index contributed by atoms with van der Waals surface area (Å²) in [5, 5.41) is 8.60. The van der Waals surface area contributed by atoms with E-state index in [0.717, 1.165) is 61.5 Å². The smallest absolute Gasteiger partial charge is 0.338 e. The molecule has 2 aromatic rings. The average Bonchev–Trinajstić information content (AvgIpc) is 2.97. The number of benzene rings is 1. The lowest BCUT2D eigenvalue weighted by molar-refractivity contribution is -0.137. The molecule has 1 saturated heterocycles. The fraction of sp³-hybridized carbons (Fsp3) is 0.429. The number of ether oxygens (including phenoxy) is 2. The van der Waals surface area contributed by atoms with E-state index in [1.807, 2.05) is 19.1 Å². The number of aromatic nitrogens is 1. The van der Waals surface area contributed by atoms with Crippen molar-refractivity contribution < 1.29 is 32.6 Å². The number of amides is 4. The van der Waals surface area contributed by atoms with Crippen molar-refractivity contribution in [2.75, 3.05) is 51.9 Å². The molecule has 0 radical (unpaired) electrons. The Hall–Kier alpha value is -4.10. The topological polar surface area (TPSA) is 125 Å². The van der Waals surface area contributed by atoms with Gasteiger partial charge in [-0.3, -0.25) is 0 Å². The maximum absolute atomic E-state index is 14.2. The molecular weight excluding hydrogens is 538 g/mol. The van der Waals surface area contributed by atoms with Gasteiger partial charge < -0.3 is 30.3 Å². The summed E-state index contributed by atoms with van der Waals surface area (Å²) in [7, 11) is 2.49. The number of nitrogens with one attached hydrogen (secondary N) is 3. The van der Waals surface area contributed by atoms with Gasteiger partial charge in [0, 0.05) is 45.5 Å². The van der Waals surface area contributed by atoms with Gasteiger partial charge in [0.1, 0.15) is 11.9 Å². The SMILES string of the molecule is COCC1=C(C(=O)OC)C(c2ccc(F)c(F)c2)N(C(=O)NCCNC2CCN(c3ncccc3C)CC2)C(=O)N1. The van der Waals surface area contributed by atoms with E-state index in [4.69, 9.17) is 9.47 Å². The Bertz CT molecular complexity index is 1310. The van der Waals surface area contributed by atoms with Crippen LogP contribution in [0, 0.1) is 18.6 Å². The zero-order chi connectivity index (χ0) is 29.5. The normalized spacial score (nSPS) is 17.9. The second kappa shape index (κ2) is 13.5. The molecule has 0 spiro atoms. The number of esters is 1. The number of carbonyl (C=O) groups excluding carboxylic acids is 3. The van der Waals surface area contributed by atoms with Gasteiger partial charge in [0.05, 0.1) is 25.0 Å². The lowest BCUT2D eigenvalue weighted by atomic mass is 9.93. The second-order valence-electron chi connectivity index (χ2n) is 9.78. The molecule has 41 heavy (non-hydrogen) atoms. The third-order valence-electron chi connectivity index (χ3n) is 7.12. The molecule has 1 unspecified atom stereocenters. The number of pyridine rings is 1. The highest BCUT2D eigenvalue weighted by molar-refractivity contribution is 6.01. The van der Waals surface area contributed by atoms with Crippen LogP contribution in [-0.2, 0) is 14.3 Å². The number of rotatable bonds is 9. The first-order valence-corrected chi connectivity index (χ1v) is 13.3. The predicted molar refractivity (Wildman–Crippen MR) is 146 cm³/mol. The molecule has 2 aliphatic heterocycles. The Morgan fingerprint density at radius 2 is 1.88 bits per heavy atom. The highest BCUT2D eigenvalue weighted by atomic mass is 19.2. The molecule has 0 saturated carbocycles. The molecule has 3 N–H and O–H groups in total. The van der Waals surface area contributed by atoms with E-state index in [1.165, 1.54) is 13.2 Å². The molecule has 3 heterocycles. The summed E-state index contributed by atoms with van der Waals surface area (Å²) in [5.41, 5.74) is 1.06. The van der Waals surface area contributed by atoms with Crippen molar-refractivity contribution in [2.24, 2.45) is 0 Å². The molecule has 220 valence electrons. The first-order valence-electron chi connectivity index (χ1n) is 13.3. The van der Waals surface area contributed by atoms with Crippen LogP contribution in [0.3, 0.4) is 0 Å². The number of methoxy groups -OCH3 is 2. The quantitative estimate of drug-likeness (QED) is 0.310. The van der Waals surface area contributed by atoms with Crippen LogP contribution in [0.2, 0.25) is 0 Å². The Balaban J connectivity index is 1.42. The van der Waals surface area contributed by atoms with Gasteiger partial charge in [-0.1, -0.05) is 12.1 Å². The van der Waals surface area contributed by atoms with Gasteiger partial charge in [-0.2, -0.15) is 0 Å². The molecule has 1 aromatic heterocycles. The van der Waals surface area contributed by atoms with Crippen LogP contribution in [0.1, 0.15) is 30.0 Å². The summed E-state index contributed by atoms with van der Waals surface area (Å²) in [5.74, 6) is -2.18. The molecule has 11 nitrogen and oxygen atoms in total. The minimum absolute atomic E-state index is 0.0101. The molecule has 0 aliphatic carbocycles. The number of imide groups is 1. The summed E-state index contributed by atoms with van der Waals surface area (Å²) < 4.78 is 37.9. The lowest BCUT2D eigenvalue weighted by Crippen LogP contribution is -2.56.